The van der Waals surface area contributed by atoms with Gasteiger partial charge in [0, 0.05) is 30.7 Å². The number of anilines is 1. The van der Waals surface area contributed by atoms with Gasteiger partial charge in [-0.25, -0.2) is 0 Å². The van der Waals surface area contributed by atoms with Gasteiger partial charge in [-0.15, -0.1) is 0 Å². The number of carbonyl (C=O) groups is 2. The Bertz CT molecular complexity index is 1130. The first-order valence-corrected chi connectivity index (χ1v) is 10.8. The zero-order chi connectivity index (χ0) is 22.5. The number of hydrogen-bond acceptors (Lipinski definition) is 5. The number of methoxy groups -OCH3 is 2. The second-order valence-electron chi connectivity index (χ2n) is 7.82. The zero-order valence-corrected chi connectivity index (χ0v) is 18.4. The molecule has 4 rings (SSSR count). The summed E-state index contributed by atoms with van der Waals surface area (Å²) in [6.07, 6.45) is 4.94. The van der Waals surface area contributed by atoms with Crippen LogP contribution < -0.4 is 14.8 Å². The maximum Gasteiger partial charge on any atom is 0.256 e. The van der Waals surface area contributed by atoms with Crippen LogP contribution in [0.1, 0.15) is 35.2 Å². The van der Waals surface area contributed by atoms with E-state index in [2.05, 4.69) is 10.3 Å². The van der Waals surface area contributed by atoms with Crippen LogP contribution in [-0.4, -0.2) is 49.0 Å². The number of para-hydroxylation sites is 1. The van der Waals surface area contributed by atoms with Gasteiger partial charge in [0.25, 0.3) is 5.91 Å². The number of ether oxygens (including phenoxy) is 2. The molecule has 1 fully saturated rings. The molecule has 0 radical (unpaired) electrons. The molecule has 1 aliphatic rings. The summed E-state index contributed by atoms with van der Waals surface area (Å²) in [4.78, 5) is 32.5. The number of benzene rings is 2. The van der Waals surface area contributed by atoms with Crippen molar-refractivity contribution in [3.63, 3.8) is 0 Å². The molecule has 32 heavy (non-hydrogen) atoms. The number of fused-ring (bicyclic) bond motifs is 1. The summed E-state index contributed by atoms with van der Waals surface area (Å²) in [5.41, 5.74) is 2.43. The molecule has 7 nitrogen and oxygen atoms in total. The molecule has 7 heteroatoms. The predicted octanol–water partition coefficient (Wildman–Crippen LogP) is 4.06. The molecule has 1 saturated heterocycles. The first-order valence-electron chi connectivity index (χ1n) is 10.8. The highest BCUT2D eigenvalue weighted by atomic mass is 16.5. The van der Waals surface area contributed by atoms with Crippen molar-refractivity contribution in [2.45, 2.75) is 25.7 Å². The predicted molar refractivity (Wildman–Crippen MR) is 123 cm³/mol. The lowest BCUT2D eigenvalue weighted by atomic mass is 10.0. The lowest BCUT2D eigenvalue weighted by molar-refractivity contribution is -0.115. The third-order valence-electron chi connectivity index (χ3n) is 5.74. The summed E-state index contributed by atoms with van der Waals surface area (Å²) in [5, 5.41) is 3.90. The van der Waals surface area contributed by atoms with E-state index in [1.807, 2.05) is 35.2 Å². The molecule has 166 valence electrons. The number of nitrogens with one attached hydrogen (secondary N) is 1. The number of aromatic nitrogens is 1. The Balaban J connectivity index is 1.63. The lowest BCUT2D eigenvalue weighted by Crippen LogP contribution is -2.36. The fraction of sp³-hybridized carbons (Fsp3) is 0.320. The Hall–Kier alpha value is -3.61. The number of piperidine rings is 1. The van der Waals surface area contributed by atoms with E-state index in [-0.39, 0.29) is 18.2 Å². The van der Waals surface area contributed by atoms with Gasteiger partial charge in [0.1, 0.15) is 0 Å². The van der Waals surface area contributed by atoms with Crippen molar-refractivity contribution in [1.29, 1.82) is 0 Å². The molecule has 1 aromatic heterocycles. The lowest BCUT2D eigenvalue weighted by Gasteiger charge is -2.28. The maximum atomic E-state index is 13.3. The summed E-state index contributed by atoms with van der Waals surface area (Å²) in [5.74, 6) is 0.546. The Labute approximate surface area is 187 Å². The van der Waals surface area contributed by atoms with Crippen molar-refractivity contribution in [2.75, 3.05) is 32.6 Å². The van der Waals surface area contributed by atoms with Gasteiger partial charge < -0.3 is 19.7 Å². The van der Waals surface area contributed by atoms with E-state index < -0.39 is 0 Å². The van der Waals surface area contributed by atoms with Crippen LogP contribution >= 0.6 is 0 Å². The number of amides is 2. The summed E-state index contributed by atoms with van der Waals surface area (Å²) in [6, 6.07) is 12.9. The molecular formula is C25H27N3O4. The number of hydrogen-bond donors (Lipinski definition) is 1. The van der Waals surface area contributed by atoms with E-state index >= 15 is 0 Å². The van der Waals surface area contributed by atoms with Crippen molar-refractivity contribution >= 4 is 28.4 Å². The number of nitrogens with zero attached hydrogens (tertiary/aromatic N) is 2. The average molecular weight is 434 g/mol. The van der Waals surface area contributed by atoms with Gasteiger partial charge in [-0.3, -0.25) is 14.6 Å². The van der Waals surface area contributed by atoms with Crippen LogP contribution in [0.4, 0.5) is 5.69 Å². The molecule has 2 amide bonds. The van der Waals surface area contributed by atoms with Crippen LogP contribution in [0.15, 0.2) is 48.7 Å². The number of likely N-dealkylation sites (tertiary alicyclic amines) is 1. The van der Waals surface area contributed by atoms with E-state index in [9.17, 15) is 9.59 Å². The average Bonchev–Trinajstić information content (AvgIpc) is 2.84. The van der Waals surface area contributed by atoms with Gasteiger partial charge in [0.2, 0.25) is 5.91 Å². The number of carbonyl (C=O) groups excluding carboxylic acids is 2. The van der Waals surface area contributed by atoms with Gasteiger partial charge >= 0.3 is 0 Å². The maximum absolute atomic E-state index is 13.3. The first-order chi connectivity index (χ1) is 15.6. The minimum atomic E-state index is -0.233. The van der Waals surface area contributed by atoms with E-state index in [0.29, 0.717) is 35.8 Å². The molecule has 0 unspecified atom stereocenters. The second-order valence-corrected chi connectivity index (χ2v) is 7.82. The highest BCUT2D eigenvalue weighted by Gasteiger charge is 2.24. The molecule has 2 aromatic carbocycles. The first kappa shape index (κ1) is 21.6. The van der Waals surface area contributed by atoms with Crippen LogP contribution in [-0.2, 0) is 11.2 Å². The molecule has 3 aromatic rings. The SMILES string of the molecule is COc1cc(NC(=O)Cc2cccc3cccnc23)c(C(=O)N2CCCCC2)cc1OC. The van der Waals surface area contributed by atoms with Gasteiger partial charge in [-0.1, -0.05) is 24.3 Å². The topological polar surface area (TPSA) is 80.8 Å². The third kappa shape index (κ3) is 4.51. The molecule has 0 saturated carbocycles. The molecule has 2 heterocycles. The molecule has 1 aliphatic heterocycles. The third-order valence-corrected chi connectivity index (χ3v) is 5.74. The summed E-state index contributed by atoms with van der Waals surface area (Å²) < 4.78 is 10.8. The van der Waals surface area contributed by atoms with Crippen LogP contribution in [0, 0.1) is 0 Å². The second kappa shape index (κ2) is 9.68. The molecule has 0 atom stereocenters. The normalized spacial score (nSPS) is 13.6. The molecular weight excluding hydrogens is 406 g/mol. The molecule has 0 aliphatic carbocycles. The minimum absolute atomic E-state index is 0.118. The van der Waals surface area contributed by atoms with Crippen molar-refractivity contribution < 1.29 is 19.1 Å². The van der Waals surface area contributed by atoms with Crippen molar-refractivity contribution in [3.8, 4) is 11.5 Å². The minimum Gasteiger partial charge on any atom is -0.493 e. The Morgan fingerprint density at radius 1 is 1.00 bits per heavy atom. The summed E-state index contributed by atoms with van der Waals surface area (Å²) >= 11 is 0. The number of pyridine rings is 1. The highest BCUT2D eigenvalue weighted by molar-refractivity contribution is 6.05. The largest absolute Gasteiger partial charge is 0.493 e. The Kier molecular flexibility index (Phi) is 6.54. The van der Waals surface area contributed by atoms with Crippen LogP contribution in [0.3, 0.4) is 0 Å². The number of rotatable bonds is 6. The van der Waals surface area contributed by atoms with Crippen LogP contribution in [0.25, 0.3) is 10.9 Å². The molecule has 1 N–H and O–H groups in total. The fourth-order valence-corrected chi connectivity index (χ4v) is 4.10. The molecule has 0 bridgehead atoms. The monoisotopic (exact) mass is 433 g/mol. The van der Waals surface area contributed by atoms with Gasteiger partial charge in [-0.05, 0) is 37.0 Å². The smallest absolute Gasteiger partial charge is 0.256 e. The van der Waals surface area contributed by atoms with Gasteiger partial charge in [-0.2, -0.15) is 0 Å². The van der Waals surface area contributed by atoms with E-state index in [0.717, 1.165) is 35.7 Å². The van der Waals surface area contributed by atoms with E-state index in [4.69, 9.17) is 9.47 Å². The Morgan fingerprint density at radius 2 is 1.72 bits per heavy atom. The van der Waals surface area contributed by atoms with Crippen LogP contribution in [0.5, 0.6) is 11.5 Å². The van der Waals surface area contributed by atoms with Gasteiger partial charge in [0.15, 0.2) is 11.5 Å². The summed E-state index contributed by atoms with van der Waals surface area (Å²) in [6.45, 7) is 1.42. The van der Waals surface area contributed by atoms with Crippen molar-refractivity contribution in [1.82, 2.24) is 9.88 Å². The van der Waals surface area contributed by atoms with Crippen molar-refractivity contribution in [3.05, 3.63) is 59.8 Å². The fourth-order valence-electron chi connectivity index (χ4n) is 4.10. The van der Waals surface area contributed by atoms with Gasteiger partial charge in [0.05, 0.1) is 37.4 Å². The quantitative estimate of drug-likeness (QED) is 0.634. The van der Waals surface area contributed by atoms with E-state index in [1.165, 1.54) is 14.2 Å². The molecule has 0 spiro atoms. The van der Waals surface area contributed by atoms with E-state index in [1.54, 1.807) is 18.3 Å². The van der Waals surface area contributed by atoms with Crippen LogP contribution in [0.2, 0.25) is 0 Å². The standard InChI is InChI=1S/C25H27N3O4/c1-31-21-15-19(25(30)28-12-4-3-5-13-28)20(16-22(21)32-2)27-23(29)14-18-9-6-8-17-10-7-11-26-24(17)18/h6-11,15-16H,3-5,12-14H2,1-2H3,(H,27,29). The summed E-state index contributed by atoms with van der Waals surface area (Å²) in [7, 11) is 3.05. The van der Waals surface area contributed by atoms with Crippen molar-refractivity contribution in [2.24, 2.45) is 0 Å². The highest BCUT2D eigenvalue weighted by Crippen LogP contribution is 2.34. The zero-order valence-electron chi connectivity index (χ0n) is 18.4. The Morgan fingerprint density at radius 3 is 2.47 bits per heavy atom.